The maximum Gasteiger partial charge on any atom is 0.161 e. The minimum absolute atomic E-state index is 0.693. The number of anilines is 2. The third-order valence-electron chi connectivity index (χ3n) is 4.17. The van der Waals surface area contributed by atoms with Gasteiger partial charge in [-0.3, -0.25) is 0 Å². The van der Waals surface area contributed by atoms with Gasteiger partial charge >= 0.3 is 0 Å². The van der Waals surface area contributed by atoms with Crippen LogP contribution in [0.2, 0.25) is 0 Å². The second-order valence-electron chi connectivity index (χ2n) is 5.75. The molecule has 2 aromatic carbocycles. The van der Waals surface area contributed by atoms with E-state index in [0.717, 1.165) is 32.8 Å². The molecule has 7 heteroatoms. The lowest BCUT2D eigenvalue weighted by molar-refractivity contribution is 0.355. The van der Waals surface area contributed by atoms with Gasteiger partial charge in [0.2, 0.25) is 0 Å². The maximum absolute atomic E-state index is 5.45. The van der Waals surface area contributed by atoms with Gasteiger partial charge in [-0.1, -0.05) is 6.07 Å². The zero-order valence-corrected chi connectivity index (χ0v) is 17.7. The summed E-state index contributed by atoms with van der Waals surface area (Å²) in [6.45, 7) is 0. The first-order valence-corrected chi connectivity index (χ1v) is 10.1. The molecule has 5 nitrogen and oxygen atoms in total. The first-order chi connectivity index (χ1) is 13.2. The number of thiophene rings is 1. The number of fused-ring (bicyclic) bond motifs is 1. The molecule has 0 spiro atoms. The Morgan fingerprint density at radius 1 is 0.963 bits per heavy atom. The van der Waals surface area contributed by atoms with E-state index < -0.39 is 0 Å². The molecule has 136 valence electrons. The third-order valence-corrected chi connectivity index (χ3v) is 5.78. The summed E-state index contributed by atoms with van der Waals surface area (Å²) >= 11 is 3.89. The molecule has 1 N–H and O–H groups in total. The number of nitrogens with one attached hydrogen (secondary N) is 1. The Labute approximate surface area is 174 Å². The van der Waals surface area contributed by atoms with Crippen LogP contribution >= 0.6 is 33.9 Å². The smallest absolute Gasteiger partial charge is 0.161 e. The number of aromatic nitrogens is 2. The first-order valence-electron chi connectivity index (χ1n) is 8.17. The van der Waals surface area contributed by atoms with E-state index in [0.29, 0.717) is 11.5 Å². The highest BCUT2D eigenvalue weighted by Gasteiger charge is 2.15. The Hall–Kier alpha value is -2.39. The number of benzene rings is 2. The number of rotatable bonds is 5. The Balaban J connectivity index is 1.82. The molecule has 0 saturated heterocycles. The molecule has 4 rings (SSSR count). The number of hydrogen-bond acceptors (Lipinski definition) is 6. The van der Waals surface area contributed by atoms with E-state index in [2.05, 4.69) is 55.4 Å². The summed E-state index contributed by atoms with van der Waals surface area (Å²) in [5.41, 5.74) is 3.07. The van der Waals surface area contributed by atoms with E-state index in [1.54, 1.807) is 31.9 Å². The molecule has 0 aliphatic heterocycles. The fourth-order valence-electron chi connectivity index (χ4n) is 2.86. The Bertz CT molecular complexity index is 1100. The fourth-order valence-corrected chi connectivity index (χ4v) is 4.13. The predicted octanol–water partition coefficient (Wildman–Crippen LogP) is 5.72. The summed E-state index contributed by atoms with van der Waals surface area (Å²) in [6, 6.07) is 14.1. The maximum atomic E-state index is 5.45. The minimum Gasteiger partial charge on any atom is -0.493 e. The Morgan fingerprint density at radius 3 is 2.48 bits per heavy atom. The molecule has 0 saturated carbocycles. The van der Waals surface area contributed by atoms with Crippen LogP contribution < -0.4 is 14.8 Å². The molecule has 27 heavy (non-hydrogen) atoms. The van der Waals surface area contributed by atoms with Crippen LogP contribution in [0.3, 0.4) is 0 Å². The summed E-state index contributed by atoms with van der Waals surface area (Å²) in [5.74, 6) is 2.18. The van der Waals surface area contributed by atoms with Crippen molar-refractivity contribution in [2.75, 3.05) is 19.5 Å². The molecule has 0 unspecified atom stereocenters. The monoisotopic (exact) mass is 489 g/mol. The molecular formula is C20H16IN3O2S. The molecule has 0 fully saturated rings. The van der Waals surface area contributed by atoms with E-state index in [9.17, 15) is 0 Å². The molecule has 2 aromatic heterocycles. The third kappa shape index (κ3) is 3.57. The summed E-state index contributed by atoms with van der Waals surface area (Å²) in [6.07, 6.45) is 1.59. The standard InChI is InChI=1S/C20H16IN3O2S/c1-25-16-8-3-12(9-17(16)26-2)15-10-27-20-18(15)19(22-11-23-20)24-14-6-4-13(21)5-7-14/h3-11H,1-2H3,(H,22,23,24). The van der Waals surface area contributed by atoms with Crippen LogP contribution in [-0.2, 0) is 0 Å². The van der Waals surface area contributed by atoms with Crippen LogP contribution in [-0.4, -0.2) is 24.2 Å². The quantitative estimate of drug-likeness (QED) is 0.364. The van der Waals surface area contributed by atoms with Crippen LogP contribution in [0.25, 0.3) is 21.3 Å². The molecule has 0 aliphatic carbocycles. The van der Waals surface area contributed by atoms with Gasteiger partial charge in [0.1, 0.15) is 17.0 Å². The highest BCUT2D eigenvalue weighted by atomic mass is 127. The van der Waals surface area contributed by atoms with Crippen molar-refractivity contribution in [2.24, 2.45) is 0 Å². The zero-order valence-electron chi connectivity index (χ0n) is 14.7. The number of nitrogens with zero attached hydrogens (tertiary/aromatic N) is 2. The van der Waals surface area contributed by atoms with Gasteiger partial charge in [0, 0.05) is 20.2 Å². The topological polar surface area (TPSA) is 56.3 Å². The van der Waals surface area contributed by atoms with E-state index in [-0.39, 0.29) is 0 Å². The van der Waals surface area contributed by atoms with Crippen molar-refractivity contribution < 1.29 is 9.47 Å². The zero-order chi connectivity index (χ0) is 18.8. The lowest BCUT2D eigenvalue weighted by Gasteiger charge is -2.11. The van der Waals surface area contributed by atoms with E-state index in [4.69, 9.17) is 9.47 Å². The van der Waals surface area contributed by atoms with Crippen LogP contribution in [0, 0.1) is 3.57 Å². The second-order valence-corrected chi connectivity index (χ2v) is 7.86. The van der Waals surface area contributed by atoms with Crippen LogP contribution in [0.5, 0.6) is 11.5 Å². The molecular weight excluding hydrogens is 473 g/mol. The van der Waals surface area contributed by atoms with Gasteiger partial charge < -0.3 is 14.8 Å². The largest absolute Gasteiger partial charge is 0.493 e. The summed E-state index contributed by atoms with van der Waals surface area (Å²) in [4.78, 5) is 9.85. The van der Waals surface area contributed by atoms with E-state index in [1.165, 1.54) is 3.57 Å². The van der Waals surface area contributed by atoms with Crippen LogP contribution in [0.4, 0.5) is 11.5 Å². The van der Waals surface area contributed by atoms with Gasteiger partial charge in [-0.05, 0) is 64.6 Å². The molecule has 2 heterocycles. The highest BCUT2D eigenvalue weighted by molar-refractivity contribution is 14.1. The number of ether oxygens (including phenoxy) is 2. The Morgan fingerprint density at radius 2 is 1.74 bits per heavy atom. The average Bonchev–Trinajstić information content (AvgIpc) is 3.14. The van der Waals surface area contributed by atoms with Gasteiger partial charge in [0.25, 0.3) is 0 Å². The molecule has 0 amide bonds. The lowest BCUT2D eigenvalue weighted by Crippen LogP contribution is -1.96. The second kappa shape index (κ2) is 7.69. The molecule has 0 atom stereocenters. The van der Waals surface area contributed by atoms with Gasteiger partial charge in [-0.25, -0.2) is 9.97 Å². The molecule has 0 radical (unpaired) electrons. The number of methoxy groups -OCH3 is 2. The van der Waals surface area contributed by atoms with Gasteiger partial charge in [-0.15, -0.1) is 11.3 Å². The average molecular weight is 489 g/mol. The Kier molecular flexibility index (Phi) is 5.13. The minimum atomic E-state index is 0.693. The van der Waals surface area contributed by atoms with Gasteiger partial charge in [-0.2, -0.15) is 0 Å². The highest BCUT2D eigenvalue weighted by Crippen LogP contribution is 2.40. The van der Waals surface area contributed by atoms with E-state index in [1.807, 2.05) is 30.3 Å². The van der Waals surface area contributed by atoms with E-state index >= 15 is 0 Å². The van der Waals surface area contributed by atoms with Crippen molar-refractivity contribution in [1.29, 1.82) is 0 Å². The van der Waals surface area contributed by atoms with Crippen LogP contribution in [0.15, 0.2) is 54.2 Å². The molecule has 0 bridgehead atoms. The van der Waals surface area contributed by atoms with Crippen molar-refractivity contribution >= 4 is 55.6 Å². The van der Waals surface area contributed by atoms with Crippen molar-refractivity contribution in [2.45, 2.75) is 0 Å². The molecule has 4 aromatic rings. The summed E-state index contributed by atoms with van der Waals surface area (Å²) in [5, 5.41) is 6.51. The lowest BCUT2D eigenvalue weighted by atomic mass is 10.1. The first kappa shape index (κ1) is 18.0. The van der Waals surface area contributed by atoms with Crippen molar-refractivity contribution in [3.8, 4) is 22.6 Å². The molecule has 0 aliphatic rings. The fraction of sp³-hybridized carbons (Fsp3) is 0.100. The summed E-state index contributed by atoms with van der Waals surface area (Å²) in [7, 11) is 3.27. The SMILES string of the molecule is COc1ccc(-c2csc3ncnc(Nc4ccc(I)cc4)c23)cc1OC. The summed E-state index contributed by atoms with van der Waals surface area (Å²) < 4.78 is 12.0. The number of hydrogen-bond donors (Lipinski definition) is 1. The van der Waals surface area contributed by atoms with Crippen molar-refractivity contribution in [1.82, 2.24) is 9.97 Å². The predicted molar refractivity (Wildman–Crippen MR) is 118 cm³/mol. The van der Waals surface area contributed by atoms with Crippen molar-refractivity contribution in [3.63, 3.8) is 0 Å². The number of halogens is 1. The van der Waals surface area contributed by atoms with Crippen LogP contribution in [0.1, 0.15) is 0 Å². The van der Waals surface area contributed by atoms with Crippen molar-refractivity contribution in [3.05, 3.63) is 57.7 Å². The van der Waals surface area contributed by atoms with Gasteiger partial charge in [0.15, 0.2) is 11.5 Å². The van der Waals surface area contributed by atoms with Gasteiger partial charge in [0.05, 0.1) is 19.6 Å². The normalized spacial score (nSPS) is 10.8.